The Hall–Kier alpha value is -3.19. The zero-order valence-corrected chi connectivity index (χ0v) is 19.6. The maximum atomic E-state index is 14.7. The van der Waals surface area contributed by atoms with Crippen LogP contribution in [0.3, 0.4) is 0 Å². The summed E-state index contributed by atoms with van der Waals surface area (Å²) in [6, 6.07) is 9.47. The van der Waals surface area contributed by atoms with Gasteiger partial charge in [-0.1, -0.05) is 18.2 Å². The number of aromatic nitrogens is 2. The first-order chi connectivity index (χ1) is 16.0. The van der Waals surface area contributed by atoms with Gasteiger partial charge < -0.3 is 4.84 Å². The van der Waals surface area contributed by atoms with Gasteiger partial charge >= 0.3 is 0 Å². The third kappa shape index (κ3) is 4.99. The third-order valence-electron chi connectivity index (χ3n) is 5.82. The quantitative estimate of drug-likeness (QED) is 0.302. The molecule has 0 saturated heterocycles. The molecule has 1 atom stereocenters. The molecule has 3 aromatic rings. The molecule has 10 nitrogen and oxygen atoms in total. The number of rotatable bonds is 9. The van der Waals surface area contributed by atoms with E-state index in [9.17, 15) is 22.4 Å². The highest BCUT2D eigenvalue weighted by Crippen LogP contribution is 2.26. The molecule has 0 unspecified atom stereocenters. The van der Waals surface area contributed by atoms with E-state index in [0.29, 0.717) is 28.8 Å². The average molecular weight is 493 g/mol. The van der Waals surface area contributed by atoms with Crippen LogP contribution in [0, 0.1) is 5.82 Å². The molecule has 0 aliphatic heterocycles. The van der Waals surface area contributed by atoms with Crippen molar-refractivity contribution in [2.75, 3.05) is 13.4 Å². The number of fused-ring (bicyclic) bond motifs is 1. The Bertz CT molecular complexity index is 1390. The van der Waals surface area contributed by atoms with Crippen LogP contribution in [0.5, 0.6) is 0 Å². The summed E-state index contributed by atoms with van der Waals surface area (Å²) in [5.41, 5.74) is 5.47. The minimum atomic E-state index is -3.90. The number of hydrogen-bond acceptors (Lipinski definition) is 8. The molecule has 0 fully saturated rings. The largest absolute Gasteiger partial charge is 0.305 e. The highest BCUT2D eigenvalue weighted by Gasteiger charge is 2.43. The van der Waals surface area contributed by atoms with Gasteiger partial charge in [-0.3, -0.25) is 19.4 Å². The van der Waals surface area contributed by atoms with Crippen LogP contribution in [0.25, 0.3) is 22.0 Å². The van der Waals surface area contributed by atoms with Crippen molar-refractivity contribution in [3.05, 3.63) is 64.5 Å². The van der Waals surface area contributed by atoms with Crippen molar-refractivity contribution >= 4 is 26.6 Å². The van der Waals surface area contributed by atoms with Crippen LogP contribution in [-0.4, -0.2) is 47.2 Å². The fraction of sp³-hybridized carbons (Fsp3) is 0.318. The Balaban J connectivity index is 1.91. The van der Waals surface area contributed by atoms with Crippen molar-refractivity contribution in [3.63, 3.8) is 0 Å². The van der Waals surface area contributed by atoms with Gasteiger partial charge in [0.1, 0.15) is 5.82 Å². The molecular weight excluding hydrogens is 467 g/mol. The number of nitrogens with zero attached hydrogens (tertiary/aromatic N) is 2. The van der Waals surface area contributed by atoms with Gasteiger partial charge in [0.15, 0.2) is 14.6 Å². The first-order valence-electron chi connectivity index (χ1n) is 10.2. The number of hydrogen-bond donors (Lipinski definition) is 3. The smallest absolute Gasteiger partial charge is 0.264 e. The predicted octanol–water partition coefficient (Wildman–Crippen LogP) is 1.55. The topological polar surface area (TPSA) is 140 Å². The lowest BCUT2D eigenvalue weighted by Gasteiger charge is -2.25. The Kier molecular flexibility index (Phi) is 7.46. The molecule has 0 spiro atoms. The van der Waals surface area contributed by atoms with E-state index in [4.69, 9.17) is 10.0 Å². The Morgan fingerprint density at radius 2 is 2.00 bits per heavy atom. The number of aryl methyl sites for hydroxylation is 1. The van der Waals surface area contributed by atoms with Gasteiger partial charge in [-0.2, -0.15) is 5.48 Å². The predicted molar refractivity (Wildman–Crippen MR) is 123 cm³/mol. The number of hydroxylamine groups is 2. The molecule has 3 rings (SSSR count). The second-order valence-corrected chi connectivity index (χ2v) is 10.5. The average Bonchev–Trinajstić information content (AvgIpc) is 2.80. The maximum Gasteiger partial charge on any atom is 0.264 e. The van der Waals surface area contributed by atoms with Crippen molar-refractivity contribution in [3.8, 4) is 11.1 Å². The second-order valence-electron chi connectivity index (χ2n) is 8.01. The van der Waals surface area contributed by atoms with E-state index < -0.39 is 31.9 Å². The molecule has 0 saturated carbocycles. The molecule has 182 valence electrons. The Morgan fingerprint density at radius 3 is 2.62 bits per heavy atom. The summed E-state index contributed by atoms with van der Waals surface area (Å²) >= 11 is 0. The highest BCUT2D eigenvalue weighted by molar-refractivity contribution is 7.92. The van der Waals surface area contributed by atoms with E-state index in [1.165, 1.54) is 42.5 Å². The normalized spacial score (nSPS) is 13.6. The second kappa shape index (κ2) is 9.97. The lowest BCUT2D eigenvalue weighted by molar-refractivity contribution is -0.131. The van der Waals surface area contributed by atoms with Crippen LogP contribution < -0.4 is 16.5 Å². The molecule has 3 N–H and O–H groups in total. The number of amides is 1. The van der Waals surface area contributed by atoms with Crippen molar-refractivity contribution in [2.45, 2.75) is 31.2 Å². The standard InChI is InChI=1S/C22H25FN4O6S/c1-22(21(29)26-30,34(3,31)32)8-9-27-13-24-19-11-15(5-7-17(19)20(27)28)16-6-4-14(10-18(16)23)12-25-33-2/h4-7,10-11,13,25,30H,8-9,12H2,1-3H3,(H,26,29)/t22-/m1/s1. The number of carbonyl (C=O) groups excluding carboxylic acids is 1. The van der Waals surface area contributed by atoms with Crippen LogP contribution in [0.2, 0.25) is 0 Å². The summed E-state index contributed by atoms with van der Waals surface area (Å²) in [5, 5.41) is 9.19. The van der Waals surface area contributed by atoms with Crippen LogP contribution in [0.1, 0.15) is 18.9 Å². The highest BCUT2D eigenvalue weighted by atomic mass is 32.2. The first kappa shape index (κ1) is 25.4. The summed E-state index contributed by atoms with van der Waals surface area (Å²) in [7, 11) is -2.44. The van der Waals surface area contributed by atoms with E-state index in [0.717, 1.165) is 6.26 Å². The maximum absolute atomic E-state index is 14.7. The zero-order chi connectivity index (χ0) is 25.1. The van der Waals surface area contributed by atoms with Crippen molar-refractivity contribution in [1.29, 1.82) is 0 Å². The van der Waals surface area contributed by atoms with Crippen molar-refractivity contribution in [2.24, 2.45) is 0 Å². The summed E-state index contributed by atoms with van der Waals surface area (Å²) < 4.78 is 38.2. The molecule has 1 aromatic heterocycles. The van der Waals surface area contributed by atoms with Gasteiger partial charge in [-0.15, -0.1) is 0 Å². The van der Waals surface area contributed by atoms with Crippen LogP contribution in [0.15, 0.2) is 47.5 Å². The van der Waals surface area contributed by atoms with E-state index in [1.54, 1.807) is 24.3 Å². The number of carbonyl (C=O) groups is 1. The van der Waals surface area contributed by atoms with E-state index in [-0.39, 0.29) is 18.4 Å². The van der Waals surface area contributed by atoms with Gasteiger partial charge in [0, 0.05) is 24.9 Å². The van der Waals surface area contributed by atoms with E-state index >= 15 is 0 Å². The first-order valence-corrected chi connectivity index (χ1v) is 12.1. The van der Waals surface area contributed by atoms with Gasteiger partial charge in [-0.05, 0) is 42.7 Å². The number of sulfone groups is 1. The fourth-order valence-corrected chi connectivity index (χ4v) is 4.31. The summed E-state index contributed by atoms with van der Waals surface area (Å²) in [5.74, 6) is -1.53. The minimum absolute atomic E-state index is 0.133. The van der Waals surface area contributed by atoms with Gasteiger partial charge in [0.25, 0.3) is 11.5 Å². The van der Waals surface area contributed by atoms with Crippen molar-refractivity contribution in [1.82, 2.24) is 20.5 Å². The molecule has 1 amide bonds. The molecular formula is C22H25FN4O6S. The van der Waals surface area contributed by atoms with E-state index in [2.05, 4.69) is 10.5 Å². The lowest BCUT2D eigenvalue weighted by Crippen LogP contribution is -2.50. The van der Waals surface area contributed by atoms with Gasteiger partial charge in [0.05, 0.1) is 24.3 Å². The molecule has 2 aromatic carbocycles. The minimum Gasteiger partial charge on any atom is -0.305 e. The van der Waals surface area contributed by atoms with Crippen LogP contribution in [-0.2, 0) is 32.6 Å². The zero-order valence-electron chi connectivity index (χ0n) is 18.8. The molecule has 0 aliphatic carbocycles. The molecule has 34 heavy (non-hydrogen) atoms. The number of halogens is 1. The third-order valence-corrected chi connectivity index (χ3v) is 7.85. The summed E-state index contributed by atoms with van der Waals surface area (Å²) in [6.45, 7) is 1.38. The molecule has 1 heterocycles. The molecule has 0 aliphatic rings. The monoisotopic (exact) mass is 492 g/mol. The summed E-state index contributed by atoms with van der Waals surface area (Å²) in [4.78, 5) is 33.9. The number of benzene rings is 2. The molecule has 12 heteroatoms. The molecule has 0 bridgehead atoms. The number of nitrogens with one attached hydrogen (secondary N) is 2. The molecule has 0 radical (unpaired) electrons. The SMILES string of the molecule is CONCc1ccc(-c2ccc3c(=O)n(CC[C@](C)(C(=O)NO)S(C)(=O)=O)cnc3c2)c(F)c1. The Labute approximate surface area is 195 Å². The van der Waals surface area contributed by atoms with E-state index in [1.807, 2.05) is 0 Å². The Morgan fingerprint density at radius 1 is 1.26 bits per heavy atom. The van der Waals surface area contributed by atoms with Gasteiger partial charge in [-0.25, -0.2) is 23.3 Å². The van der Waals surface area contributed by atoms with Gasteiger partial charge in [0.2, 0.25) is 0 Å². The lowest BCUT2D eigenvalue weighted by atomic mass is 10.0. The fourth-order valence-electron chi connectivity index (χ4n) is 3.46. The van der Waals surface area contributed by atoms with Crippen LogP contribution in [0.4, 0.5) is 4.39 Å². The summed E-state index contributed by atoms with van der Waals surface area (Å²) in [6.07, 6.45) is 1.85. The van der Waals surface area contributed by atoms with Crippen LogP contribution >= 0.6 is 0 Å². The van der Waals surface area contributed by atoms with Crippen molar-refractivity contribution < 1.29 is 27.6 Å².